The highest BCUT2D eigenvalue weighted by atomic mass is 19.4. The van der Waals surface area contributed by atoms with Crippen molar-refractivity contribution in [2.24, 2.45) is 0 Å². The van der Waals surface area contributed by atoms with Gasteiger partial charge in [0.05, 0.1) is 19.8 Å². The van der Waals surface area contributed by atoms with E-state index in [1.54, 1.807) is 13.2 Å². The summed E-state index contributed by atoms with van der Waals surface area (Å²) in [4.78, 5) is 0. The van der Waals surface area contributed by atoms with Crippen molar-refractivity contribution >= 4 is 6.08 Å². The van der Waals surface area contributed by atoms with E-state index in [-0.39, 0.29) is 11.8 Å². The molecule has 0 spiro atoms. The van der Waals surface area contributed by atoms with Gasteiger partial charge in [0.1, 0.15) is 5.75 Å². The Labute approximate surface area is 181 Å². The zero-order valence-electron chi connectivity index (χ0n) is 18.0. The van der Waals surface area contributed by atoms with E-state index < -0.39 is 6.36 Å². The second kappa shape index (κ2) is 10.1. The highest BCUT2D eigenvalue weighted by Gasteiger charge is 2.31. The average Bonchev–Trinajstić information content (AvgIpc) is 2.72. The monoisotopic (exact) mass is 435 g/mol. The van der Waals surface area contributed by atoms with Crippen molar-refractivity contribution in [3.05, 3.63) is 58.7 Å². The molecule has 1 aliphatic rings. The molecule has 0 saturated carbocycles. The number of benzene rings is 2. The first-order valence-electron chi connectivity index (χ1n) is 10.4. The number of methoxy groups -OCH3 is 1. The highest BCUT2D eigenvalue weighted by Crippen LogP contribution is 2.36. The van der Waals surface area contributed by atoms with Gasteiger partial charge in [-0.3, -0.25) is 0 Å². The Morgan fingerprint density at radius 3 is 2.68 bits per heavy atom. The summed E-state index contributed by atoms with van der Waals surface area (Å²) >= 11 is 0. The van der Waals surface area contributed by atoms with Crippen molar-refractivity contribution in [1.29, 1.82) is 0 Å². The second-order valence-electron chi connectivity index (χ2n) is 7.51. The molecule has 1 atom stereocenters. The summed E-state index contributed by atoms with van der Waals surface area (Å²) in [7, 11) is 1.62. The second-order valence-corrected chi connectivity index (χ2v) is 7.51. The van der Waals surface area contributed by atoms with Crippen LogP contribution in [0, 0.1) is 6.92 Å². The highest BCUT2D eigenvalue weighted by molar-refractivity contribution is 5.58. The van der Waals surface area contributed by atoms with Gasteiger partial charge in [0.15, 0.2) is 11.5 Å². The molecule has 0 fully saturated rings. The molecule has 1 aliphatic heterocycles. The topological polar surface area (TPSA) is 39.7 Å². The van der Waals surface area contributed by atoms with Crippen molar-refractivity contribution in [3.63, 3.8) is 0 Å². The third-order valence-corrected chi connectivity index (χ3v) is 5.23. The van der Waals surface area contributed by atoms with Crippen molar-refractivity contribution < 1.29 is 27.4 Å². The zero-order chi connectivity index (χ0) is 22.4. The number of aryl methyl sites for hydroxylation is 1. The SMILES string of the molecule is CCCCOc1cc2c(cc1OC)C(/C=C/c1cc(OC(F)(F)F)ccc1C)NCC2. The molecule has 31 heavy (non-hydrogen) atoms. The summed E-state index contributed by atoms with van der Waals surface area (Å²) in [6.45, 7) is 5.40. The number of unbranched alkanes of at least 4 members (excludes halogenated alkanes) is 1. The van der Waals surface area contributed by atoms with E-state index in [1.165, 1.54) is 17.7 Å². The third kappa shape index (κ3) is 6.17. The summed E-state index contributed by atoms with van der Waals surface area (Å²) in [5.74, 6) is 1.19. The lowest BCUT2D eigenvalue weighted by Crippen LogP contribution is -2.28. The van der Waals surface area contributed by atoms with Crippen molar-refractivity contribution in [3.8, 4) is 17.2 Å². The first kappa shape index (κ1) is 23.0. The molecule has 3 rings (SSSR count). The Hall–Kier alpha value is -2.67. The lowest BCUT2D eigenvalue weighted by Gasteiger charge is -2.26. The van der Waals surface area contributed by atoms with E-state index in [9.17, 15) is 13.2 Å². The van der Waals surface area contributed by atoms with E-state index in [0.717, 1.165) is 42.7 Å². The molecule has 4 nitrogen and oxygen atoms in total. The van der Waals surface area contributed by atoms with E-state index in [2.05, 4.69) is 17.0 Å². The molecular weight excluding hydrogens is 407 g/mol. The fourth-order valence-electron chi connectivity index (χ4n) is 3.56. The quantitative estimate of drug-likeness (QED) is 0.518. The van der Waals surface area contributed by atoms with Gasteiger partial charge in [-0.05, 0) is 66.3 Å². The van der Waals surface area contributed by atoms with Crippen LogP contribution in [0.15, 0.2) is 36.4 Å². The number of rotatable bonds is 8. The number of alkyl halides is 3. The van der Waals surface area contributed by atoms with Crippen LogP contribution in [0.2, 0.25) is 0 Å². The number of nitrogens with one attached hydrogen (secondary N) is 1. The van der Waals surface area contributed by atoms with Gasteiger partial charge in [0.2, 0.25) is 0 Å². The minimum atomic E-state index is -4.71. The van der Waals surface area contributed by atoms with Crippen LogP contribution in [0.5, 0.6) is 17.2 Å². The summed E-state index contributed by atoms with van der Waals surface area (Å²) < 4.78 is 53.1. The van der Waals surface area contributed by atoms with E-state index >= 15 is 0 Å². The van der Waals surface area contributed by atoms with E-state index in [0.29, 0.717) is 17.9 Å². The van der Waals surface area contributed by atoms with E-state index in [1.807, 2.05) is 31.2 Å². The molecule has 168 valence electrons. The van der Waals surface area contributed by atoms with Crippen molar-refractivity contribution in [1.82, 2.24) is 5.32 Å². The van der Waals surface area contributed by atoms with Crippen LogP contribution in [-0.2, 0) is 6.42 Å². The number of fused-ring (bicyclic) bond motifs is 1. The lowest BCUT2D eigenvalue weighted by molar-refractivity contribution is -0.274. The predicted octanol–water partition coefficient (Wildman–Crippen LogP) is 5.98. The fraction of sp³-hybridized carbons (Fsp3) is 0.417. The molecule has 0 aliphatic carbocycles. The maximum Gasteiger partial charge on any atom is 0.573 e. The third-order valence-electron chi connectivity index (χ3n) is 5.23. The van der Waals surface area contributed by atoms with Crippen LogP contribution < -0.4 is 19.5 Å². The molecule has 0 aromatic heterocycles. The Balaban J connectivity index is 1.84. The Bertz CT molecular complexity index is 925. The van der Waals surface area contributed by atoms with Crippen molar-refractivity contribution in [2.45, 2.75) is 45.5 Å². The molecule has 1 unspecified atom stereocenters. The van der Waals surface area contributed by atoms with Gasteiger partial charge >= 0.3 is 6.36 Å². The maximum atomic E-state index is 12.5. The zero-order valence-corrected chi connectivity index (χ0v) is 18.0. The van der Waals surface area contributed by atoms with E-state index in [4.69, 9.17) is 9.47 Å². The Kier molecular flexibility index (Phi) is 7.49. The molecule has 0 radical (unpaired) electrons. The molecular formula is C24H28F3NO3. The first-order chi connectivity index (χ1) is 14.8. The van der Waals surface area contributed by atoms with Gasteiger partial charge in [-0.2, -0.15) is 0 Å². The average molecular weight is 435 g/mol. The number of halogens is 3. The molecule has 0 saturated heterocycles. The van der Waals surface area contributed by atoms with Gasteiger partial charge in [-0.15, -0.1) is 13.2 Å². The number of hydrogen-bond donors (Lipinski definition) is 1. The molecule has 2 aromatic rings. The molecule has 2 aromatic carbocycles. The minimum Gasteiger partial charge on any atom is -0.493 e. The van der Waals surface area contributed by atoms with Gasteiger partial charge in [-0.1, -0.05) is 31.6 Å². The molecule has 1 heterocycles. The minimum absolute atomic E-state index is 0.0890. The standard InChI is InChI=1S/C24H28F3NO3/c1-4-5-12-30-23-14-18-10-11-28-21(20(18)15-22(23)29-3)9-7-17-13-19(8-6-16(17)2)31-24(25,26)27/h6-9,13-15,21,28H,4-5,10-12H2,1-3H3/b9-7+. The van der Waals surface area contributed by atoms with Crippen LogP contribution >= 0.6 is 0 Å². The molecule has 0 amide bonds. The van der Waals surface area contributed by atoms with Gasteiger partial charge in [0.25, 0.3) is 0 Å². The predicted molar refractivity (Wildman–Crippen MR) is 115 cm³/mol. The molecule has 7 heteroatoms. The molecule has 1 N–H and O–H groups in total. The van der Waals surface area contributed by atoms with Gasteiger partial charge < -0.3 is 19.5 Å². The smallest absolute Gasteiger partial charge is 0.493 e. The number of hydrogen-bond acceptors (Lipinski definition) is 4. The number of ether oxygens (including phenoxy) is 3. The van der Waals surface area contributed by atoms with Crippen LogP contribution in [0.1, 0.15) is 48.1 Å². The Morgan fingerprint density at radius 1 is 1.16 bits per heavy atom. The Morgan fingerprint density at radius 2 is 1.97 bits per heavy atom. The summed E-state index contributed by atoms with van der Waals surface area (Å²) in [6, 6.07) is 8.26. The van der Waals surface area contributed by atoms with Crippen LogP contribution in [0.4, 0.5) is 13.2 Å². The van der Waals surface area contributed by atoms with Crippen molar-refractivity contribution in [2.75, 3.05) is 20.3 Å². The molecule has 0 bridgehead atoms. The van der Waals surface area contributed by atoms with Crippen LogP contribution in [0.25, 0.3) is 6.08 Å². The summed E-state index contributed by atoms with van der Waals surface area (Å²) in [6.07, 6.45) is 1.95. The maximum absolute atomic E-state index is 12.5. The van der Waals surface area contributed by atoms with Crippen LogP contribution in [-0.4, -0.2) is 26.6 Å². The van der Waals surface area contributed by atoms with Crippen LogP contribution in [0.3, 0.4) is 0 Å². The van der Waals surface area contributed by atoms with Gasteiger partial charge in [-0.25, -0.2) is 0 Å². The largest absolute Gasteiger partial charge is 0.573 e. The van der Waals surface area contributed by atoms with Gasteiger partial charge in [0, 0.05) is 6.54 Å². The first-order valence-corrected chi connectivity index (χ1v) is 10.4. The fourth-order valence-corrected chi connectivity index (χ4v) is 3.56. The lowest BCUT2D eigenvalue weighted by atomic mass is 9.92. The normalized spacial score (nSPS) is 16.3. The summed E-state index contributed by atoms with van der Waals surface area (Å²) in [5.41, 5.74) is 3.77. The summed E-state index contributed by atoms with van der Waals surface area (Å²) in [5, 5.41) is 3.45.